The zero-order chi connectivity index (χ0) is 22.3. The van der Waals surface area contributed by atoms with E-state index in [-0.39, 0.29) is 58.6 Å². The molecular formula is C17H19N4NaO8S. The molecule has 0 atom stereocenters. The summed E-state index contributed by atoms with van der Waals surface area (Å²) >= 11 is 0. The maximum Gasteiger partial charge on any atom is 1.00 e. The molecule has 0 radical (unpaired) electrons. The minimum atomic E-state index is -4.78. The van der Waals surface area contributed by atoms with Crippen LogP contribution in [0.25, 0.3) is 4.72 Å². The fourth-order valence-corrected chi connectivity index (χ4v) is 2.66. The Balaban J connectivity index is 0.00000480. The van der Waals surface area contributed by atoms with E-state index in [0.29, 0.717) is 0 Å². The van der Waals surface area contributed by atoms with E-state index in [1.165, 1.54) is 44.6 Å². The van der Waals surface area contributed by atoms with Gasteiger partial charge < -0.3 is 23.7 Å². The van der Waals surface area contributed by atoms with Gasteiger partial charge in [-0.05, 0) is 26.0 Å². The minimum Gasteiger partial charge on any atom is -0.481 e. The van der Waals surface area contributed by atoms with E-state index in [2.05, 4.69) is 20.0 Å². The van der Waals surface area contributed by atoms with E-state index in [1.807, 2.05) is 0 Å². The van der Waals surface area contributed by atoms with E-state index in [0.717, 1.165) is 0 Å². The molecule has 1 N–H and O–H groups in total. The van der Waals surface area contributed by atoms with Crippen molar-refractivity contribution < 1.29 is 66.0 Å². The molecule has 0 spiro atoms. The Morgan fingerprint density at radius 3 is 2.19 bits per heavy atom. The first-order chi connectivity index (χ1) is 14.1. The van der Waals surface area contributed by atoms with E-state index in [1.54, 1.807) is 13.8 Å². The van der Waals surface area contributed by atoms with Crippen molar-refractivity contribution in [3.8, 4) is 17.5 Å². The molecule has 0 bridgehead atoms. The zero-order valence-electron chi connectivity index (χ0n) is 17.5. The molecule has 162 valence electrons. The number of amides is 2. The Bertz CT molecular complexity index is 1010. The number of urea groups is 1. The van der Waals surface area contributed by atoms with Gasteiger partial charge in [-0.2, -0.15) is 18.4 Å². The monoisotopic (exact) mass is 462 g/mol. The summed E-state index contributed by atoms with van der Waals surface area (Å²) in [7, 11) is -2.12. The number of nitrogens with zero attached hydrogens (tertiary/aromatic N) is 3. The molecule has 31 heavy (non-hydrogen) atoms. The van der Waals surface area contributed by atoms with Crippen LogP contribution < -0.4 is 48.5 Å². The third-order valence-corrected chi connectivity index (χ3v) is 3.94. The van der Waals surface area contributed by atoms with Crippen LogP contribution in [0.1, 0.15) is 24.2 Å². The third kappa shape index (κ3) is 8.20. The Morgan fingerprint density at radius 2 is 1.65 bits per heavy atom. The quantitative estimate of drug-likeness (QED) is 0.393. The molecule has 1 aromatic carbocycles. The van der Waals surface area contributed by atoms with Gasteiger partial charge in [-0.3, -0.25) is 9.52 Å². The number of hydrogen-bond donors (Lipinski definition) is 1. The van der Waals surface area contributed by atoms with Crippen molar-refractivity contribution in [2.75, 3.05) is 19.5 Å². The predicted octanol–water partition coefficient (Wildman–Crippen LogP) is -0.708. The average Bonchev–Trinajstić information content (AvgIpc) is 2.66. The van der Waals surface area contributed by atoms with Crippen LogP contribution in [0, 0.1) is 0 Å². The first-order valence-electron chi connectivity index (χ1n) is 8.39. The number of nitrogens with one attached hydrogen (secondary N) is 1. The largest absolute Gasteiger partial charge is 1.00 e. The van der Waals surface area contributed by atoms with Gasteiger partial charge in [-0.25, -0.2) is 4.79 Å². The molecule has 0 saturated heterocycles. The van der Waals surface area contributed by atoms with Crippen molar-refractivity contribution in [1.29, 1.82) is 0 Å². The SMILES string of the molecule is COc1cc(OC)nc(NC(=O)[N-]S(=O)(=O)Oc2ccccc2C(=O)OC(C)C)n1.[Na+]. The summed E-state index contributed by atoms with van der Waals surface area (Å²) in [5, 5.41) is 2.06. The van der Waals surface area contributed by atoms with Crippen LogP contribution in [-0.4, -0.2) is 50.7 Å². The maximum absolute atomic E-state index is 12.2. The molecule has 0 aliphatic heterocycles. The molecule has 0 aliphatic carbocycles. The predicted molar refractivity (Wildman–Crippen MR) is 104 cm³/mol. The van der Waals surface area contributed by atoms with Gasteiger partial charge in [0.15, 0.2) is 17.7 Å². The second-order valence-corrected chi connectivity index (χ2v) is 6.96. The van der Waals surface area contributed by atoms with Gasteiger partial charge in [0.25, 0.3) is 0 Å². The summed E-state index contributed by atoms with van der Waals surface area (Å²) in [5.74, 6) is -1.32. The third-order valence-electron chi connectivity index (χ3n) is 3.16. The number of methoxy groups -OCH3 is 2. The number of hydrogen-bond acceptors (Lipinski definition) is 10. The van der Waals surface area contributed by atoms with Crippen molar-refractivity contribution >= 4 is 28.3 Å². The fourth-order valence-electron chi connectivity index (χ4n) is 2.01. The standard InChI is InChI=1S/C17H20N4O8S.Na/c1-10(2)28-15(22)11-7-5-6-8-12(11)29-30(24,25)21-17(23)20-16-18-13(26-3)9-14(19-16)27-4;/h5-10H,1-4H3,(H2,18,19,20,21,23);/q;+1/p-1. The second-order valence-electron chi connectivity index (χ2n) is 5.76. The molecular weight excluding hydrogens is 443 g/mol. The number of para-hydroxylation sites is 1. The van der Waals surface area contributed by atoms with Crippen LogP contribution in [0.5, 0.6) is 17.5 Å². The van der Waals surface area contributed by atoms with Crippen molar-refractivity contribution in [3.05, 3.63) is 40.6 Å². The van der Waals surface area contributed by atoms with Crippen molar-refractivity contribution in [3.63, 3.8) is 0 Å². The number of esters is 1. The molecule has 2 aromatic rings. The van der Waals surface area contributed by atoms with Crippen molar-refractivity contribution in [2.24, 2.45) is 0 Å². The molecule has 14 heteroatoms. The maximum atomic E-state index is 12.2. The van der Waals surface area contributed by atoms with E-state index in [9.17, 15) is 18.0 Å². The van der Waals surface area contributed by atoms with E-state index < -0.39 is 28.4 Å². The number of rotatable bonds is 8. The topological polar surface area (TPSA) is 157 Å². The first-order valence-corrected chi connectivity index (χ1v) is 9.75. The van der Waals surface area contributed by atoms with E-state index in [4.69, 9.17) is 18.4 Å². The van der Waals surface area contributed by atoms with Gasteiger partial charge in [-0.1, -0.05) is 12.1 Å². The van der Waals surface area contributed by atoms with Crippen molar-refractivity contribution in [1.82, 2.24) is 9.97 Å². The normalized spacial score (nSPS) is 10.5. The summed E-state index contributed by atoms with van der Waals surface area (Å²) < 4.78 is 46.9. The second kappa shape index (κ2) is 11.7. The summed E-state index contributed by atoms with van der Waals surface area (Å²) in [4.78, 5) is 31.7. The Labute approximate surface area is 201 Å². The molecule has 0 saturated carbocycles. The first kappa shape index (κ1) is 26.4. The number of anilines is 1. The van der Waals surface area contributed by atoms with Gasteiger partial charge in [0, 0.05) is 0 Å². The van der Waals surface area contributed by atoms with Crippen molar-refractivity contribution in [2.45, 2.75) is 20.0 Å². The summed E-state index contributed by atoms with van der Waals surface area (Å²) in [6.07, 6.45) is -0.433. The van der Waals surface area contributed by atoms with E-state index >= 15 is 0 Å². The van der Waals surface area contributed by atoms with Gasteiger partial charge in [-0.15, -0.1) is 0 Å². The smallest absolute Gasteiger partial charge is 0.481 e. The Morgan fingerprint density at radius 1 is 1.06 bits per heavy atom. The molecule has 2 amide bonds. The molecule has 1 aromatic heterocycles. The van der Waals surface area contributed by atoms with Gasteiger partial charge in [0.05, 0.1) is 26.4 Å². The van der Waals surface area contributed by atoms with Crippen LogP contribution in [0.3, 0.4) is 0 Å². The van der Waals surface area contributed by atoms with Crippen LogP contribution >= 0.6 is 0 Å². The van der Waals surface area contributed by atoms with Gasteiger partial charge in [0.2, 0.25) is 11.8 Å². The molecule has 0 aliphatic rings. The van der Waals surface area contributed by atoms with Gasteiger partial charge in [0.1, 0.15) is 5.56 Å². The molecule has 0 unspecified atom stereocenters. The summed E-state index contributed by atoms with van der Waals surface area (Å²) in [6, 6.07) is 5.47. The van der Waals surface area contributed by atoms with Crippen LogP contribution in [0.4, 0.5) is 10.7 Å². The zero-order valence-corrected chi connectivity index (χ0v) is 20.3. The molecule has 2 rings (SSSR count). The number of carbonyl (C=O) groups excluding carboxylic acids is 2. The number of carbonyl (C=O) groups is 2. The Hall–Kier alpha value is -2.61. The number of ether oxygens (including phenoxy) is 3. The van der Waals surface area contributed by atoms with Gasteiger partial charge >= 0.3 is 45.8 Å². The molecule has 0 fully saturated rings. The van der Waals surface area contributed by atoms with Crippen LogP contribution in [0.2, 0.25) is 0 Å². The Kier molecular flexibility index (Phi) is 9.97. The summed E-state index contributed by atoms with van der Waals surface area (Å²) in [5.41, 5.74) is -0.147. The summed E-state index contributed by atoms with van der Waals surface area (Å²) in [6.45, 7) is 3.26. The van der Waals surface area contributed by atoms with Crippen LogP contribution in [0.15, 0.2) is 30.3 Å². The fraction of sp³-hybridized carbons (Fsp3) is 0.294. The number of aromatic nitrogens is 2. The average molecular weight is 462 g/mol. The minimum absolute atomic E-state index is 0. The molecule has 1 heterocycles. The number of benzene rings is 1. The molecule has 12 nitrogen and oxygen atoms in total. The van der Waals surface area contributed by atoms with Crippen LogP contribution in [-0.2, 0) is 15.0 Å².